The molecule has 2 heterocycles. The molecule has 0 radical (unpaired) electrons. The second kappa shape index (κ2) is 7.14. The van der Waals surface area contributed by atoms with E-state index >= 15 is 0 Å². The lowest BCUT2D eigenvalue weighted by atomic mass is 10.1. The van der Waals surface area contributed by atoms with Crippen molar-refractivity contribution in [1.82, 2.24) is 0 Å². The average Bonchev–Trinajstić information content (AvgIpc) is 3.34. The molecule has 0 unspecified atom stereocenters. The van der Waals surface area contributed by atoms with E-state index in [-0.39, 0.29) is 5.91 Å². The molecule has 0 aliphatic heterocycles. The van der Waals surface area contributed by atoms with E-state index in [2.05, 4.69) is 5.32 Å². The number of methoxy groups -OCH3 is 2. The molecule has 0 bridgehead atoms. The number of aryl methyl sites for hydroxylation is 1. The summed E-state index contributed by atoms with van der Waals surface area (Å²) < 4.78 is 11.0. The highest BCUT2D eigenvalue weighted by atomic mass is 35.5. The fourth-order valence-electron chi connectivity index (χ4n) is 3.29. The molecular formula is C19H16ClNO4S2. The van der Waals surface area contributed by atoms with Crippen molar-refractivity contribution in [3.8, 4) is 5.75 Å². The Kier molecular flexibility index (Phi) is 4.84. The number of hydrogen-bond acceptors (Lipinski definition) is 6. The third kappa shape index (κ3) is 3.09. The lowest BCUT2D eigenvalue weighted by Gasteiger charge is -2.06. The van der Waals surface area contributed by atoms with Crippen molar-refractivity contribution in [2.45, 2.75) is 19.3 Å². The molecule has 1 aliphatic carbocycles. The van der Waals surface area contributed by atoms with Crippen molar-refractivity contribution in [3.63, 3.8) is 0 Å². The van der Waals surface area contributed by atoms with Crippen LogP contribution in [0, 0.1) is 0 Å². The van der Waals surface area contributed by atoms with Gasteiger partial charge in [-0.15, -0.1) is 22.7 Å². The van der Waals surface area contributed by atoms with Crippen LogP contribution in [0.3, 0.4) is 0 Å². The number of fused-ring (bicyclic) bond motifs is 2. The van der Waals surface area contributed by atoms with Crippen LogP contribution in [0.15, 0.2) is 18.2 Å². The number of ether oxygens (including phenoxy) is 2. The van der Waals surface area contributed by atoms with Crippen LogP contribution in [-0.2, 0) is 17.6 Å². The Bertz CT molecular complexity index is 1070. The van der Waals surface area contributed by atoms with Gasteiger partial charge < -0.3 is 14.8 Å². The SMILES string of the molecule is COC(=O)c1c(NC(=O)c2sc3cc(OC)ccc3c2Cl)sc2c1CCC2. The molecule has 140 valence electrons. The fraction of sp³-hybridized carbons (Fsp3) is 0.263. The van der Waals surface area contributed by atoms with Gasteiger partial charge in [0.15, 0.2) is 0 Å². The molecule has 0 atom stereocenters. The zero-order chi connectivity index (χ0) is 19.1. The van der Waals surface area contributed by atoms with Crippen molar-refractivity contribution >= 4 is 61.2 Å². The first-order valence-corrected chi connectivity index (χ1v) is 10.3. The minimum absolute atomic E-state index is 0.328. The van der Waals surface area contributed by atoms with Crippen molar-refractivity contribution in [2.24, 2.45) is 0 Å². The molecule has 27 heavy (non-hydrogen) atoms. The minimum atomic E-state index is -0.420. The van der Waals surface area contributed by atoms with Gasteiger partial charge in [-0.3, -0.25) is 4.79 Å². The summed E-state index contributed by atoms with van der Waals surface area (Å²) in [5.41, 5.74) is 1.47. The van der Waals surface area contributed by atoms with Gasteiger partial charge in [0.1, 0.15) is 15.6 Å². The molecule has 0 saturated carbocycles. The van der Waals surface area contributed by atoms with Crippen LogP contribution in [0.4, 0.5) is 5.00 Å². The van der Waals surface area contributed by atoms with E-state index in [1.807, 2.05) is 18.2 Å². The van der Waals surface area contributed by atoms with Crippen LogP contribution in [0.25, 0.3) is 10.1 Å². The molecule has 0 fully saturated rings. The van der Waals surface area contributed by atoms with Crippen LogP contribution in [-0.4, -0.2) is 26.1 Å². The van der Waals surface area contributed by atoms with Crippen LogP contribution < -0.4 is 10.1 Å². The summed E-state index contributed by atoms with van der Waals surface area (Å²) in [6.07, 6.45) is 2.77. The van der Waals surface area contributed by atoms with Gasteiger partial charge in [0.25, 0.3) is 5.91 Å². The van der Waals surface area contributed by atoms with E-state index in [4.69, 9.17) is 21.1 Å². The quantitative estimate of drug-likeness (QED) is 0.591. The number of halogens is 1. The number of benzene rings is 1. The molecule has 8 heteroatoms. The lowest BCUT2D eigenvalue weighted by molar-refractivity contribution is 0.0601. The Hall–Kier alpha value is -2.09. The zero-order valence-electron chi connectivity index (χ0n) is 14.7. The van der Waals surface area contributed by atoms with Crippen molar-refractivity contribution < 1.29 is 19.1 Å². The van der Waals surface area contributed by atoms with Gasteiger partial charge in [0.05, 0.1) is 24.8 Å². The number of esters is 1. The van der Waals surface area contributed by atoms with Crippen molar-refractivity contribution in [1.29, 1.82) is 0 Å². The van der Waals surface area contributed by atoms with E-state index < -0.39 is 5.97 Å². The maximum atomic E-state index is 12.9. The maximum absolute atomic E-state index is 12.9. The van der Waals surface area contributed by atoms with Gasteiger partial charge in [-0.1, -0.05) is 11.6 Å². The first kappa shape index (κ1) is 18.3. The number of thiophene rings is 2. The van der Waals surface area contributed by atoms with E-state index in [0.29, 0.717) is 26.2 Å². The van der Waals surface area contributed by atoms with Gasteiger partial charge in [-0.25, -0.2) is 4.79 Å². The van der Waals surface area contributed by atoms with Gasteiger partial charge in [-0.2, -0.15) is 0 Å². The summed E-state index contributed by atoms with van der Waals surface area (Å²) in [6, 6.07) is 5.49. The normalized spacial score (nSPS) is 12.9. The van der Waals surface area contributed by atoms with Gasteiger partial charge >= 0.3 is 5.97 Å². The molecule has 0 saturated heterocycles. The van der Waals surface area contributed by atoms with Gasteiger partial charge in [-0.05, 0) is 43.0 Å². The molecule has 5 nitrogen and oxygen atoms in total. The number of amides is 1. The van der Waals surface area contributed by atoms with Gasteiger partial charge in [0, 0.05) is 15.0 Å². The lowest BCUT2D eigenvalue weighted by Crippen LogP contribution is -2.13. The molecule has 3 aromatic rings. The van der Waals surface area contributed by atoms with Crippen LogP contribution in [0.1, 0.15) is 36.9 Å². The Morgan fingerprint density at radius 2 is 2.00 bits per heavy atom. The summed E-state index contributed by atoms with van der Waals surface area (Å²) in [4.78, 5) is 26.7. The monoisotopic (exact) mass is 421 g/mol. The summed E-state index contributed by atoms with van der Waals surface area (Å²) in [5.74, 6) is -0.0443. The van der Waals surface area contributed by atoms with E-state index in [9.17, 15) is 9.59 Å². The second-order valence-electron chi connectivity index (χ2n) is 6.11. The highest BCUT2D eigenvalue weighted by Crippen LogP contribution is 2.41. The number of carbonyl (C=O) groups excluding carboxylic acids is 2. The standard InChI is InChI=1S/C19H16ClNO4S2/c1-24-9-6-7-11-13(8-9)26-16(15(11)20)17(22)21-18-14(19(23)25-2)10-4-3-5-12(10)27-18/h6-8H,3-5H2,1-2H3,(H,21,22). The predicted molar refractivity (Wildman–Crippen MR) is 109 cm³/mol. The van der Waals surface area contributed by atoms with Gasteiger partial charge in [0.2, 0.25) is 0 Å². The first-order valence-electron chi connectivity index (χ1n) is 8.33. The smallest absolute Gasteiger partial charge is 0.341 e. The Balaban J connectivity index is 1.70. The molecule has 0 spiro atoms. The zero-order valence-corrected chi connectivity index (χ0v) is 17.1. The Morgan fingerprint density at radius 1 is 1.19 bits per heavy atom. The molecule has 4 rings (SSSR count). The Labute approximate surface area is 168 Å². The molecular weight excluding hydrogens is 406 g/mol. The first-order chi connectivity index (χ1) is 13.0. The number of hydrogen-bond donors (Lipinski definition) is 1. The van der Waals surface area contributed by atoms with Crippen LogP contribution in [0.2, 0.25) is 5.02 Å². The van der Waals surface area contributed by atoms with Crippen molar-refractivity contribution in [2.75, 3.05) is 19.5 Å². The summed E-state index contributed by atoms with van der Waals surface area (Å²) in [6.45, 7) is 0. The van der Waals surface area contributed by atoms with Crippen LogP contribution >= 0.6 is 34.3 Å². The second-order valence-corrected chi connectivity index (χ2v) is 8.65. The largest absolute Gasteiger partial charge is 0.497 e. The maximum Gasteiger partial charge on any atom is 0.341 e. The number of carbonyl (C=O) groups is 2. The summed E-state index contributed by atoms with van der Waals surface area (Å²) in [7, 11) is 2.94. The summed E-state index contributed by atoms with van der Waals surface area (Å²) >= 11 is 9.18. The molecule has 2 aromatic heterocycles. The molecule has 1 amide bonds. The third-order valence-corrected chi connectivity index (χ3v) is 7.44. The van der Waals surface area contributed by atoms with Crippen molar-refractivity contribution in [3.05, 3.63) is 44.1 Å². The summed E-state index contributed by atoms with van der Waals surface area (Å²) in [5, 5.41) is 4.61. The number of anilines is 1. The average molecular weight is 422 g/mol. The Morgan fingerprint density at radius 3 is 2.74 bits per heavy atom. The van der Waals surface area contributed by atoms with Crippen LogP contribution in [0.5, 0.6) is 5.75 Å². The molecule has 1 aromatic carbocycles. The van der Waals surface area contributed by atoms with E-state index in [0.717, 1.165) is 39.8 Å². The topological polar surface area (TPSA) is 64.6 Å². The highest BCUT2D eigenvalue weighted by molar-refractivity contribution is 7.22. The van der Waals surface area contributed by atoms with E-state index in [1.165, 1.54) is 29.8 Å². The minimum Gasteiger partial charge on any atom is -0.497 e. The molecule has 1 aliphatic rings. The highest BCUT2D eigenvalue weighted by Gasteiger charge is 2.29. The van der Waals surface area contributed by atoms with E-state index in [1.54, 1.807) is 7.11 Å². The predicted octanol–water partition coefficient (Wildman–Crippen LogP) is 5.15. The number of rotatable bonds is 4. The fourth-order valence-corrected chi connectivity index (χ4v) is 6.00. The number of nitrogens with one attached hydrogen (secondary N) is 1. The molecule has 1 N–H and O–H groups in total. The third-order valence-electron chi connectivity index (χ3n) is 4.58.